The number of benzene rings is 1. The van der Waals surface area contributed by atoms with Crippen molar-refractivity contribution in [1.29, 1.82) is 0 Å². The Kier molecular flexibility index (Phi) is 6.03. The van der Waals surface area contributed by atoms with Gasteiger partial charge in [-0.05, 0) is 57.2 Å². The molecule has 1 saturated carbocycles. The highest BCUT2D eigenvalue weighted by atomic mass is 16.5. The van der Waals surface area contributed by atoms with Crippen molar-refractivity contribution in [2.24, 2.45) is 5.92 Å². The molecule has 9 nitrogen and oxygen atoms in total. The molecule has 2 saturated heterocycles. The number of rotatable bonds is 5. The van der Waals surface area contributed by atoms with Crippen LogP contribution in [0.4, 0.5) is 5.69 Å². The van der Waals surface area contributed by atoms with Gasteiger partial charge in [0.05, 0.1) is 31.1 Å². The molecule has 3 fully saturated rings. The van der Waals surface area contributed by atoms with Crippen LogP contribution < -0.4 is 9.64 Å². The number of amides is 1. The van der Waals surface area contributed by atoms with E-state index >= 15 is 0 Å². The number of aryl methyl sites for hydroxylation is 3. The minimum absolute atomic E-state index is 0.101. The number of hydrogen-bond donors (Lipinski definition) is 0. The summed E-state index contributed by atoms with van der Waals surface area (Å²) in [5, 5.41) is 4.45. The summed E-state index contributed by atoms with van der Waals surface area (Å²) in [6.07, 6.45) is 2.97. The second-order valence-corrected chi connectivity index (χ2v) is 10.4. The van der Waals surface area contributed by atoms with Crippen LogP contribution >= 0.6 is 0 Å². The van der Waals surface area contributed by atoms with Gasteiger partial charge in [0.1, 0.15) is 11.9 Å². The van der Waals surface area contributed by atoms with Crippen LogP contribution in [-0.4, -0.2) is 75.9 Å². The molecule has 3 aromatic rings. The highest BCUT2D eigenvalue weighted by Gasteiger charge is 2.38. The van der Waals surface area contributed by atoms with Gasteiger partial charge in [0.25, 0.3) is 5.78 Å². The summed E-state index contributed by atoms with van der Waals surface area (Å²) in [7, 11) is 0. The van der Waals surface area contributed by atoms with Gasteiger partial charge >= 0.3 is 0 Å². The van der Waals surface area contributed by atoms with E-state index in [0.717, 1.165) is 62.6 Å². The number of carbonyl (C=O) groups is 1. The molecule has 1 atom stereocenters. The van der Waals surface area contributed by atoms with Crippen LogP contribution in [0.5, 0.6) is 5.75 Å². The molecule has 190 valence electrons. The van der Waals surface area contributed by atoms with Crippen molar-refractivity contribution < 1.29 is 14.3 Å². The summed E-state index contributed by atoms with van der Waals surface area (Å²) in [4.78, 5) is 26.0. The number of nitrogens with zero attached hydrogens (tertiary/aromatic N) is 6. The van der Waals surface area contributed by atoms with Gasteiger partial charge in [0.15, 0.2) is 5.75 Å². The molecule has 2 aromatic heterocycles. The lowest BCUT2D eigenvalue weighted by atomic mass is 9.70. The zero-order valence-corrected chi connectivity index (χ0v) is 21.3. The van der Waals surface area contributed by atoms with E-state index in [9.17, 15) is 4.79 Å². The van der Waals surface area contributed by atoms with Crippen molar-refractivity contribution in [3.05, 3.63) is 47.0 Å². The standard InChI is InChI=1S/C27H34N6O3/c1-17-25(18(2)33-27(28-17)29-19(3)30-33)36-24-8-9-32(16-24)23-6-4-20(5-7-23)21-14-22(15-21)26(34)31-10-12-35-13-11-31/h4-7,21-22,24H,8-16H2,1-3H3. The van der Waals surface area contributed by atoms with Crippen LogP contribution in [0.3, 0.4) is 0 Å². The first-order valence-corrected chi connectivity index (χ1v) is 13.0. The lowest BCUT2D eigenvalue weighted by Gasteiger charge is -2.39. The van der Waals surface area contributed by atoms with Crippen LogP contribution in [0.25, 0.3) is 5.78 Å². The van der Waals surface area contributed by atoms with Gasteiger partial charge in [-0.3, -0.25) is 4.79 Å². The predicted octanol–water partition coefficient (Wildman–Crippen LogP) is 3.06. The van der Waals surface area contributed by atoms with Gasteiger partial charge in [0, 0.05) is 37.7 Å². The van der Waals surface area contributed by atoms with E-state index in [4.69, 9.17) is 9.47 Å². The number of carbonyl (C=O) groups excluding carboxylic acids is 1. The van der Waals surface area contributed by atoms with Crippen molar-refractivity contribution in [2.75, 3.05) is 44.3 Å². The monoisotopic (exact) mass is 490 g/mol. The first kappa shape index (κ1) is 23.2. The van der Waals surface area contributed by atoms with Crippen molar-refractivity contribution >= 4 is 17.4 Å². The fourth-order valence-electron chi connectivity index (χ4n) is 5.75. The van der Waals surface area contributed by atoms with Gasteiger partial charge < -0.3 is 19.3 Å². The molecular formula is C27H34N6O3. The average molecular weight is 491 g/mol. The maximum Gasteiger partial charge on any atom is 0.253 e. The van der Waals surface area contributed by atoms with Gasteiger partial charge in [-0.25, -0.2) is 4.98 Å². The number of ether oxygens (including phenoxy) is 2. The Bertz CT molecular complexity index is 1260. The van der Waals surface area contributed by atoms with Gasteiger partial charge in [-0.2, -0.15) is 9.50 Å². The van der Waals surface area contributed by atoms with Gasteiger partial charge in [-0.15, -0.1) is 5.10 Å². The molecule has 0 N–H and O–H groups in total. The van der Waals surface area contributed by atoms with Crippen molar-refractivity contribution in [1.82, 2.24) is 24.5 Å². The number of hydrogen-bond acceptors (Lipinski definition) is 7. The van der Waals surface area contributed by atoms with E-state index < -0.39 is 0 Å². The smallest absolute Gasteiger partial charge is 0.253 e. The summed E-state index contributed by atoms with van der Waals surface area (Å²) in [5.41, 5.74) is 4.34. The number of anilines is 1. The minimum Gasteiger partial charge on any atom is -0.485 e. The normalized spacial score (nSPS) is 24.2. The van der Waals surface area contributed by atoms with E-state index in [0.29, 0.717) is 36.6 Å². The van der Waals surface area contributed by atoms with Crippen LogP contribution in [0.15, 0.2) is 24.3 Å². The molecule has 0 bridgehead atoms. The first-order chi connectivity index (χ1) is 17.5. The topological polar surface area (TPSA) is 85.1 Å². The molecular weight excluding hydrogens is 456 g/mol. The molecule has 6 rings (SSSR count). The average Bonchev–Trinajstić information content (AvgIpc) is 3.48. The minimum atomic E-state index is 0.101. The summed E-state index contributed by atoms with van der Waals surface area (Å²) < 4.78 is 13.6. The Morgan fingerprint density at radius 1 is 1.03 bits per heavy atom. The molecule has 4 heterocycles. The molecule has 3 aliphatic rings. The lowest BCUT2D eigenvalue weighted by Crippen LogP contribution is -2.46. The molecule has 1 amide bonds. The van der Waals surface area contributed by atoms with E-state index in [2.05, 4.69) is 44.2 Å². The summed E-state index contributed by atoms with van der Waals surface area (Å²) in [6, 6.07) is 8.92. The molecule has 9 heteroatoms. The van der Waals surface area contributed by atoms with E-state index in [1.165, 1.54) is 11.3 Å². The van der Waals surface area contributed by atoms with Crippen molar-refractivity contribution in [3.8, 4) is 5.75 Å². The second kappa shape index (κ2) is 9.35. The second-order valence-electron chi connectivity index (χ2n) is 10.4. The lowest BCUT2D eigenvalue weighted by molar-refractivity contribution is -0.142. The van der Waals surface area contributed by atoms with E-state index in [-0.39, 0.29) is 12.0 Å². The number of morpholine rings is 1. The molecule has 0 radical (unpaired) electrons. The third-order valence-electron chi connectivity index (χ3n) is 7.91. The highest BCUT2D eigenvalue weighted by Crippen LogP contribution is 2.43. The molecule has 0 spiro atoms. The quantitative estimate of drug-likeness (QED) is 0.543. The van der Waals surface area contributed by atoms with E-state index in [1.54, 1.807) is 4.52 Å². The number of aromatic nitrogens is 4. The Labute approximate surface area is 211 Å². The van der Waals surface area contributed by atoms with Gasteiger partial charge in [0.2, 0.25) is 5.91 Å². The first-order valence-electron chi connectivity index (χ1n) is 13.0. The predicted molar refractivity (Wildman–Crippen MR) is 136 cm³/mol. The zero-order chi connectivity index (χ0) is 24.8. The zero-order valence-electron chi connectivity index (χ0n) is 21.3. The third kappa shape index (κ3) is 4.30. The largest absolute Gasteiger partial charge is 0.485 e. The summed E-state index contributed by atoms with van der Waals surface area (Å²) in [5.74, 6) is 3.10. The Hall–Kier alpha value is -3.20. The molecule has 1 aliphatic carbocycles. The molecule has 2 aliphatic heterocycles. The van der Waals surface area contributed by atoms with Crippen molar-refractivity contribution in [3.63, 3.8) is 0 Å². The van der Waals surface area contributed by atoms with Crippen molar-refractivity contribution in [2.45, 2.75) is 52.1 Å². The maximum atomic E-state index is 12.7. The molecule has 36 heavy (non-hydrogen) atoms. The van der Waals surface area contributed by atoms with E-state index in [1.807, 2.05) is 25.7 Å². The summed E-state index contributed by atoms with van der Waals surface area (Å²) in [6.45, 7) is 10.5. The number of fused-ring (bicyclic) bond motifs is 1. The fraction of sp³-hybridized carbons (Fsp3) is 0.556. The Morgan fingerprint density at radius 2 is 1.78 bits per heavy atom. The van der Waals surface area contributed by atoms with Gasteiger partial charge in [-0.1, -0.05) is 12.1 Å². The summed E-state index contributed by atoms with van der Waals surface area (Å²) >= 11 is 0. The Morgan fingerprint density at radius 3 is 2.53 bits per heavy atom. The highest BCUT2D eigenvalue weighted by molar-refractivity contribution is 5.80. The third-order valence-corrected chi connectivity index (χ3v) is 7.91. The van der Waals surface area contributed by atoms with Crippen LogP contribution in [0, 0.1) is 26.7 Å². The van der Waals surface area contributed by atoms with Crippen LogP contribution in [0.2, 0.25) is 0 Å². The fourth-order valence-corrected chi connectivity index (χ4v) is 5.75. The Balaban J connectivity index is 1.05. The molecule has 1 aromatic carbocycles. The van der Waals surface area contributed by atoms with Crippen LogP contribution in [0.1, 0.15) is 48.0 Å². The maximum absolute atomic E-state index is 12.7. The van der Waals surface area contributed by atoms with Crippen LogP contribution in [-0.2, 0) is 9.53 Å². The molecule has 1 unspecified atom stereocenters. The SMILES string of the molecule is Cc1nc2nc(C)c(OC3CCN(c4ccc(C5CC(C(=O)N6CCOCC6)C5)cc4)C3)c(C)n2n1.